The van der Waals surface area contributed by atoms with Crippen molar-refractivity contribution < 1.29 is 22.3 Å². The normalized spacial score (nSPS) is 12.3. The zero-order valence-electron chi connectivity index (χ0n) is 18.3. The van der Waals surface area contributed by atoms with Crippen molar-refractivity contribution in [2.45, 2.75) is 58.8 Å². The Morgan fingerprint density at radius 2 is 1.34 bits per heavy atom. The molecule has 168 valence electrons. The minimum Gasteiger partial charge on any atom is -0.450 e. The van der Waals surface area contributed by atoms with Gasteiger partial charge in [-0.3, -0.25) is 0 Å². The summed E-state index contributed by atoms with van der Waals surface area (Å²) in [5.74, 6) is -3.10. The second-order valence-corrected chi connectivity index (χ2v) is 8.38. The molecule has 0 saturated heterocycles. The molecule has 4 rings (SSSR count). The van der Waals surface area contributed by atoms with Crippen LogP contribution < -0.4 is 4.74 Å². The van der Waals surface area contributed by atoms with Gasteiger partial charge in [-0.15, -0.1) is 0 Å². The monoisotopic (exact) mass is 442 g/mol. The summed E-state index contributed by atoms with van der Waals surface area (Å²) in [7, 11) is 0. The first kappa shape index (κ1) is 22.4. The van der Waals surface area contributed by atoms with Crippen LogP contribution in [0.5, 0.6) is 11.5 Å². The average Bonchev–Trinajstić information content (AvgIpc) is 2.78. The molecule has 1 heterocycles. The number of hydrogen-bond acceptors (Lipinski definition) is 1. The van der Waals surface area contributed by atoms with Gasteiger partial charge in [0.05, 0.1) is 0 Å². The van der Waals surface area contributed by atoms with E-state index in [1.165, 1.54) is 6.07 Å². The van der Waals surface area contributed by atoms with Crippen LogP contribution in [-0.4, -0.2) is 0 Å². The van der Waals surface area contributed by atoms with Gasteiger partial charge in [0.25, 0.3) is 0 Å². The fourth-order valence-corrected chi connectivity index (χ4v) is 4.30. The predicted molar refractivity (Wildman–Crippen MR) is 117 cm³/mol. The number of aryl methyl sites for hydroxylation is 4. The molecule has 1 aliphatic rings. The third-order valence-corrected chi connectivity index (χ3v) is 6.00. The Hall–Kier alpha value is -2.82. The zero-order valence-corrected chi connectivity index (χ0v) is 18.3. The molecule has 0 aromatic heterocycles. The van der Waals surface area contributed by atoms with E-state index in [-0.39, 0.29) is 23.7 Å². The Morgan fingerprint density at radius 1 is 0.656 bits per heavy atom. The van der Waals surface area contributed by atoms with Crippen molar-refractivity contribution in [2.75, 3.05) is 0 Å². The van der Waals surface area contributed by atoms with E-state index < -0.39 is 17.5 Å². The van der Waals surface area contributed by atoms with E-state index in [9.17, 15) is 13.2 Å². The van der Waals surface area contributed by atoms with Crippen LogP contribution in [0.2, 0.25) is 0 Å². The highest BCUT2D eigenvalue weighted by Gasteiger charge is 2.28. The molecular weight excluding hydrogens is 416 g/mol. The van der Waals surface area contributed by atoms with Crippen molar-refractivity contribution >= 4 is 0 Å². The molecule has 0 saturated carbocycles. The first-order chi connectivity index (χ1) is 15.4. The van der Waals surface area contributed by atoms with Crippen molar-refractivity contribution in [3.63, 3.8) is 0 Å². The third kappa shape index (κ3) is 4.25. The molecule has 1 nitrogen and oxygen atoms in total. The van der Waals surface area contributed by atoms with E-state index in [2.05, 4.69) is 0 Å². The standard InChI is InChI=1S/C27H26F4O/c1-3-5-17-9-7-16(13-22(17)28)8-10-18-11-12-20-15-21-14-19(6-4-2)23(29)25(31)27(21)32-26(20)24(18)30/h7,9,11-14H,3-6,8,10,15H2,1-2H3. The fourth-order valence-electron chi connectivity index (χ4n) is 4.30. The maximum absolute atomic E-state index is 15.2. The highest BCUT2D eigenvalue weighted by molar-refractivity contribution is 5.53. The Balaban J connectivity index is 1.56. The lowest BCUT2D eigenvalue weighted by Gasteiger charge is -2.23. The van der Waals surface area contributed by atoms with Gasteiger partial charge in [-0.2, -0.15) is 4.39 Å². The van der Waals surface area contributed by atoms with Crippen LogP contribution in [0.3, 0.4) is 0 Å². The summed E-state index contributed by atoms with van der Waals surface area (Å²) in [5, 5.41) is 0. The number of halogens is 4. The second kappa shape index (κ2) is 9.35. The predicted octanol–water partition coefficient (Wildman–Crippen LogP) is 7.63. The summed E-state index contributed by atoms with van der Waals surface area (Å²) >= 11 is 0. The highest BCUT2D eigenvalue weighted by atomic mass is 19.2. The summed E-state index contributed by atoms with van der Waals surface area (Å²) in [6.07, 6.45) is 3.74. The molecule has 0 fully saturated rings. The van der Waals surface area contributed by atoms with Crippen LogP contribution in [0.1, 0.15) is 60.1 Å². The molecule has 0 amide bonds. The second-order valence-electron chi connectivity index (χ2n) is 8.38. The Morgan fingerprint density at radius 3 is 2.06 bits per heavy atom. The molecule has 0 bridgehead atoms. The minimum atomic E-state index is -1.07. The van der Waals surface area contributed by atoms with Gasteiger partial charge in [-0.05, 0) is 60.1 Å². The number of benzene rings is 3. The van der Waals surface area contributed by atoms with Gasteiger partial charge in [-0.25, -0.2) is 13.2 Å². The molecule has 0 spiro atoms. The van der Waals surface area contributed by atoms with Crippen LogP contribution in [0.4, 0.5) is 17.6 Å². The summed E-state index contributed by atoms with van der Waals surface area (Å²) in [4.78, 5) is 0. The molecule has 5 heteroatoms. The molecule has 32 heavy (non-hydrogen) atoms. The van der Waals surface area contributed by atoms with Crippen LogP contribution in [0.25, 0.3) is 0 Å². The third-order valence-electron chi connectivity index (χ3n) is 6.00. The summed E-state index contributed by atoms with van der Waals surface area (Å²) in [6.45, 7) is 3.89. The largest absolute Gasteiger partial charge is 0.450 e. The molecule has 0 aliphatic carbocycles. The van der Waals surface area contributed by atoms with E-state index >= 15 is 4.39 Å². The summed E-state index contributed by atoms with van der Waals surface area (Å²) in [5.41, 5.74) is 3.29. The van der Waals surface area contributed by atoms with E-state index in [1.807, 2.05) is 19.9 Å². The number of rotatable bonds is 7. The van der Waals surface area contributed by atoms with Gasteiger partial charge < -0.3 is 4.74 Å². The fraction of sp³-hybridized carbons (Fsp3) is 0.333. The Kier molecular flexibility index (Phi) is 6.54. The van der Waals surface area contributed by atoms with E-state index in [1.54, 1.807) is 24.3 Å². The van der Waals surface area contributed by atoms with Gasteiger partial charge in [0.15, 0.2) is 23.1 Å². The number of ether oxygens (including phenoxy) is 1. The summed E-state index contributed by atoms with van der Waals surface area (Å²) in [6, 6.07) is 10.2. The van der Waals surface area contributed by atoms with Crippen molar-refractivity contribution in [1.29, 1.82) is 0 Å². The zero-order chi connectivity index (χ0) is 22.8. The highest BCUT2D eigenvalue weighted by Crippen LogP contribution is 2.42. The van der Waals surface area contributed by atoms with Crippen LogP contribution >= 0.6 is 0 Å². The average molecular weight is 442 g/mol. The molecule has 1 aliphatic heterocycles. The Bertz CT molecular complexity index is 1150. The molecule has 0 unspecified atom stereocenters. The first-order valence-corrected chi connectivity index (χ1v) is 11.2. The minimum absolute atomic E-state index is 0.0546. The van der Waals surface area contributed by atoms with Gasteiger partial charge in [-0.1, -0.05) is 51.0 Å². The maximum atomic E-state index is 15.2. The van der Waals surface area contributed by atoms with Gasteiger partial charge in [0, 0.05) is 17.5 Å². The lowest BCUT2D eigenvalue weighted by Crippen LogP contribution is -2.11. The van der Waals surface area contributed by atoms with Crippen molar-refractivity contribution in [2.24, 2.45) is 0 Å². The maximum Gasteiger partial charge on any atom is 0.201 e. The number of hydrogen-bond donors (Lipinski definition) is 0. The van der Waals surface area contributed by atoms with Crippen LogP contribution in [0.15, 0.2) is 36.4 Å². The Labute approximate surface area is 186 Å². The van der Waals surface area contributed by atoms with Gasteiger partial charge >= 0.3 is 0 Å². The van der Waals surface area contributed by atoms with Crippen molar-refractivity contribution in [3.05, 3.63) is 93.0 Å². The van der Waals surface area contributed by atoms with Crippen LogP contribution in [0, 0.1) is 23.3 Å². The first-order valence-electron chi connectivity index (χ1n) is 11.2. The molecular formula is C27H26F4O. The van der Waals surface area contributed by atoms with Crippen LogP contribution in [-0.2, 0) is 32.1 Å². The molecule has 0 radical (unpaired) electrons. The molecule has 0 N–H and O–H groups in total. The van der Waals surface area contributed by atoms with Gasteiger partial charge in [0.2, 0.25) is 5.82 Å². The van der Waals surface area contributed by atoms with Crippen molar-refractivity contribution in [1.82, 2.24) is 0 Å². The van der Waals surface area contributed by atoms with Gasteiger partial charge in [0.1, 0.15) is 5.82 Å². The van der Waals surface area contributed by atoms with Crippen molar-refractivity contribution in [3.8, 4) is 11.5 Å². The lowest BCUT2D eigenvalue weighted by atomic mass is 9.94. The SMILES string of the molecule is CCCc1ccc(CCc2ccc3c(c2F)Oc2c(cc(CCC)c(F)c2F)C3)cc1F. The topological polar surface area (TPSA) is 9.23 Å². The number of fused-ring (bicyclic) bond motifs is 2. The molecule has 3 aromatic carbocycles. The smallest absolute Gasteiger partial charge is 0.201 e. The quantitative estimate of drug-likeness (QED) is 0.267. The van der Waals surface area contributed by atoms with E-state index in [0.717, 1.165) is 12.0 Å². The lowest BCUT2D eigenvalue weighted by molar-refractivity contribution is 0.377. The molecule has 0 atom stereocenters. The summed E-state index contributed by atoms with van der Waals surface area (Å²) < 4.78 is 64.0. The van der Waals surface area contributed by atoms with E-state index in [4.69, 9.17) is 4.74 Å². The van der Waals surface area contributed by atoms with E-state index in [0.29, 0.717) is 59.9 Å². The molecule has 3 aromatic rings.